The number of aromatic nitrogens is 2. The number of nitrogens with two attached hydrogens (primary N) is 1. The van der Waals surface area contributed by atoms with E-state index >= 15 is 0 Å². The van der Waals surface area contributed by atoms with E-state index in [9.17, 15) is 0 Å². The van der Waals surface area contributed by atoms with Gasteiger partial charge in [0.2, 0.25) is 0 Å². The van der Waals surface area contributed by atoms with Crippen molar-refractivity contribution in [2.24, 2.45) is 0 Å². The molecular weight excluding hydrogens is 228 g/mol. The van der Waals surface area contributed by atoms with Crippen LogP contribution in [0.5, 0.6) is 0 Å². The first kappa shape index (κ1) is 11.1. The van der Waals surface area contributed by atoms with Crippen LogP contribution in [-0.2, 0) is 4.74 Å². The van der Waals surface area contributed by atoms with Crippen molar-refractivity contribution in [3.05, 3.63) is 30.5 Å². The lowest BCUT2D eigenvalue weighted by Crippen LogP contribution is -2.36. The molecule has 2 aromatic rings. The average Bonchev–Trinajstić information content (AvgIpc) is 2.86. The summed E-state index contributed by atoms with van der Waals surface area (Å²) in [6.45, 7) is 3.51. The number of benzene rings is 1. The summed E-state index contributed by atoms with van der Waals surface area (Å²) in [5.41, 5.74) is 9.06. The average molecular weight is 244 g/mol. The molecule has 3 rings (SSSR count). The zero-order valence-electron chi connectivity index (χ0n) is 10.1. The lowest BCUT2D eigenvalue weighted by Gasteiger charge is -2.28. The highest BCUT2D eigenvalue weighted by molar-refractivity contribution is 5.74. The van der Waals surface area contributed by atoms with Gasteiger partial charge in [-0.1, -0.05) is 12.1 Å². The molecule has 2 heterocycles. The molecule has 0 saturated carbocycles. The highest BCUT2D eigenvalue weighted by Crippen LogP contribution is 2.26. The first-order chi connectivity index (χ1) is 8.84. The third kappa shape index (κ3) is 2.04. The summed E-state index contributed by atoms with van der Waals surface area (Å²) < 4.78 is 5.35. The van der Waals surface area contributed by atoms with Crippen molar-refractivity contribution < 1.29 is 4.74 Å². The molecular formula is C13H16N4O. The Balaban J connectivity index is 1.82. The fourth-order valence-corrected chi connectivity index (χ4v) is 2.20. The SMILES string of the molecule is Nc1[nH]ncc1-c1ccc(N2CCOCC2)cc1. The van der Waals surface area contributed by atoms with E-state index in [-0.39, 0.29) is 0 Å². The van der Waals surface area contributed by atoms with Crippen LogP contribution in [-0.4, -0.2) is 36.5 Å². The van der Waals surface area contributed by atoms with Crippen LogP contribution in [0.1, 0.15) is 0 Å². The van der Waals surface area contributed by atoms with Gasteiger partial charge in [0.05, 0.1) is 19.4 Å². The second-order valence-electron chi connectivity index (χ2n) is 4.34. The Morgan fingerprint density at radius 3 is 2.50 bits per heavy atom. The molecule has 5 heteroatoms. The third-order valence-electron chi connectivity index (χ3n) is 3.22. The van der Waals surface area contributed by atoms with Crippen molar-refractivity contribution in [1.29, 1.82) is 0 Å². The lowest BCUT2D eigenvalue weighted by molar-refractivity contribution is 0.122. The molecule has 1 aromatic carbocycles. The number of aromatic amines is 1. The first-order valence-corrected chi connectivity index (χ1v) is 6.06. The van der Waals surface area contributed by atoms with Crippen molar-refractivity contribution >= 4 is 11.5 Å². The molecule has 94 valence electrons. The van der Waals surface area contributed by atoms with E-state index in [1.54, 1.807) is 6.20 Å². The molecule has 1 aliphatic rings. The maximum atomic E-state index is 5.81. The number of hydrogen-bond acceptors (Lipinski definition) is 4. The van der Waals surface area contributed by atoms with Crippen molar-refractivity contribution in [3.63, 3.8) is 0 Å². The third-order valence-corrected chi connectivity index (χ3v) is 3.22. The number of morpholine rings is 1. The van der Waals surface area contributed by atoms with Crippen LogP contribution in [0.25, 0.3) is 11.1 Å². The van der Waals surface area contributed by atoms with Gasteiger partial charge < -0.3 is 15.4 Å². The summed E-state index contributed by atoms with van der Waals surface area (Å²) in [5.74, 6) is 0.606. The van der Waals surface area contributed by atoms with Gasteiger partial charge in [-0.25, -0.2) is 0 Å². The molecule has 1 aromatic heterocycles. The number of H-pyrrole nitrogens is 1. The smallest absolute Gasteiger partial charge is 0.126 e. The molecule has 1 fully saturated rings. The van der Waals surface area contributed by atoms with Crippen LogP contribution in [0, 0.1) is 0 Å². The quantitative estimate of drug-likeness (QED) is 0.840. The maximum Gasteiger partial charge on any atom is 0.126 e. The van der Waals surface area contributed by atoms with Crippen LogP contribution in [0.3, 0.4) is 0 Å². The Morgan fingerprint density at radius 1 is 1.17 bits per heavy atom. The molecule has 0 bridgehead atoms. The van der Waals surface area contributed by atoms with E-state index in [4.69, 9.17) is 10.5 Å². The molecule has 0 aliphatic carbocycles. The predicted octanol–water partition coefficient (Wildman–Crippen LogP) is 1.50. The van der Waals surface area contributed by atoms with Crippen LogP contribution >= 0.6 is 0 Å². The minimum Gasteiger partial charge on any atom is -0.384 e. The Morgan fingerprint density at radius 2 is 1.89 bits per heavy atom. The maximum absolute atomic E-state index is 5.81. The van der Waals surface area contributed by atoms with E-state index in [1.165, 1.54) is 5.69 Å². The summed E-state index contributed by atoms with van der Waals surface area (Å²) >= 11 is 0. The van der Waals surface area contributed by atoms with Crippen molar-refractivity contribution in [1.82, 2.24) is 10.2 Å². The number of nitrogens with zero attached hydrogens (tertiary/aromatic N) is 2. The fourth-order valence-electron chi connectivity index (χ4n) is 2.20. The second-order valence-corrected chi connectivity index (χ2v) is 4.34. The minimum absolute atomic E-state index is 0.606. The van der Waals surface area contributed by atoms with Crippen LogP contribution in [0.2, 0.25) is 0 Å². The number of rotatable bonds is 2. The van der Waals surface area contributed by atoms with Gasteiger partial charge in [0, 0.05) is 24.3 Å². The lowest BCUT2D eigenvalue weighted by atomic mass is 10.1. The molecule has 0 radical (unpaired) electrons. The van der Waals surface area contributed by atoms with E-state index in [0.29, 0.717) is 5.82 Å². The standard InChI is InChI=1S/C13H16N4O/c14-13-12(9-15-16-13)10-1-3-11(4-2-10)17-5-7-18-8-6-17/h1-4,9H,5-8H2,(H3,14,15,16). The number of hydrogen-bond donors (Lipinski definition) is 2. The molecule has 5 nitrogen and oxygen atoms in total. The largest absolute Gasteiger partial charge is 0.384 e. The molecule has 0 spiro atoms. The summed E-state index contributed by atoms with van der Waals surface area (Å²) in [7, 11) is 0. The van der Waals surface area contributed by atoms with Gasteiger partial charge >= 0.3 is 0 Å². The Kier molecular flexibility index (Phi) is 2.90. The van der Waals surface area contributed by atoms with Crippen molar-refractivity contribution in [2.75, 3.05) is 36.9 Å². The molecule has 0 amide bonds. The predicted molar refractivity (Wildman–Crippen MR) is 71.5 cm³/mol. The normalized spacial score (nSPS) is 15.9. The van der Waals surface area contributed by atoms with Crippen LogP contribution in [0.15, 0.2) is 30.5 Å². The van der Waals surface area contributed by atoms with Crippen molar-refractivity contribution in [2.45, 2.75) is 0 Å². The zero-order valence-corrected chi connectivity index (χ0v) is 10.1. The topological polar surface area (TPSA) is 67.2 Å². The monoisotopic (exact) mass is 244 g/mol. The number of anilines is 2. The first-order valence-electron chi connectivity index (χ1n) is 6.06. The summed E-state index contributed by atoms with van der Waals surface area (Å²) in [5, 5.41) is 6.68. The summed E-state index contributed by atoms with van der Waals surface area (Å²) in [4.78, 5) is 2.33. The van der Waals surface area contributed by atoms with Gasteiger partial charge in [-0.3, -0.25) is 5.10 Å². The van der Waals surface area contributed by atoms with Crippen molar-refractivity contribution in [3.8, 4) is 11.1 Å². The van der Waals surface area contributed by atoms with E-state index in [0.717, 1.165) is 37.4 Å². The van der Waals surface area contributed by atoms with E-state index in [2.05, 4.69) is 39.4 Å². The van der Waals surface area contributed by atoms with Gasteiger partial charge in [0.1, 0.15) is 5.82 Å². The van der Waals surface area contributed by atoms with Gasteiger partial charge in [-0.05, 0) is 17.7 Å². The fraction of sp³-hybridized carbons (Fsp3) is 0.308. The molecule has 1 aliphatic heterocycles. The van der Waals surface area contributed by atoms with Crippen LogP contribution in [0.4, 0.5) is 11.5 Å². The second kappa shape index (κ2) is 4.70. The Labute approximate surface area is 106 Å². The molecule has 1 saturated heterocycles. The van der Waals surface area contributed by atoms with Gasteiger partial charge in [0.15, 0.2) is 0 Å². The van der Waals surface area contributed by atoms with E-state index in [1.807, 2.05) is 0 Å². The highest BCUT2D eigenvalue weighted by Gasteiger charge is 2.11. The number of ether oxygens (including phenoxy) is 1. The van der Waals surface area contributed by atoms with Gasteiger partial charge in [-0.15, -0.1) is 0 Å². The molecule has 0 atom stereocenters. The van der Waals surface area contributed by atoms with E-state index < -0.39 is 0 Å². The molecule has 3 N–H and O–H groups in total. The van der Waals surface area contributed by atoms with Gasteiger partial charge in [0.25, 0.3) is 0 Å². The zero-order chi connectivity index (χ0) is 12.4. The summed E-state index contributed by atoms with van der Waals surface area (Å²) in [6.07, 6.45) is 1.75. The highest BCUT2D eigenvalue weighted by atomic mass is 16.5. The number of nitrogen functional groups attached to an aromatic ring is 1. The Bertz CT molecular complexity index is 514. The molecule has 0 unspecified atom stereocenters. The van der Waals surface area contributed by atoms with Gasteiger partial charge in [-0.2, -0.15) is 5.10 Å². The minimum atomic E-state index is 0.606. The van der Waals surface area contributed by atoms with Crippen LogP contribution < -0.4 is 10.6 Å². The molecule has 18 heavy (non-hydrogen) atoms. The Hall–Kier alpha value is -2.01. The number of nitrogens with one attached hydrogen (secondary N) is 1. The summed E-state index contributed by atoms with van der Waals surface area (Å²) in [6, 6.07) is 8.39.